The Morgan fingerprint density at radius 2 is 2.14 bits per heavy atom. The fraction of sp³-hybridized carbons (Fsp3) is 0.562. The molecule has 1 aromatic rings. The van der Waals surface area contributed by atoms with Crippen molar-refractivity contribution in [1.29, 1.82) is 0 Å². The Hall–Kier alpha value is -1.75. The highest BCUT2D eigenvalue weighted by Gasteiger charge is 2.16. The van der Waals surface area contributed by atoms with Crippen molar-refractivity contribution in [1.82, 2.24) is 4.90 Å². The molecule has 116 valence electrons. The van der Waals surface area contributed by atoms with Crippen LogP contribution in [0.4, 0.5) is 17.1 Å². The maximum Gasteiger partial charge on any atom is 0.224 e. The molecule has 1 amide bonds. The van der Waals surface area contributed by atoms with Crippen molar-refractivity contribution in [3.8, 4) is 0 Å². The van der Waals surface area contributed by atoms with Gasteiger partial charge in [0.2, 0.25) is 5.91 Å². The fourth-order valence-corrected chi connectivity index (χ4v) is 2.41. The topological polar surface area (TPSA) is 70.4 Å². The van der Waals surface area contributed by atoms with Gasteiger partial charge >= 0.3 is 0 Å². The summed E-state index contributed by atoms with van der Waals surface area (Å²) < 4.78 is 0. The summed E-state index contributed by atoms with van der Waals surface area (Å²) in [5.41, 5.74) is 9.75. The van der Waals surface area contributed by atoms with Crippen LogP contribution in [-0.4, -0.2) is 37.0 Å². The van der Waals surface area contributed by atoms with Crippen LogP contribution in [0.5, 0.6) is 0 Å². The average molecular weight is 290 g/mol. The molecule has 5 heteroatoms. The van der Waals surface area contributed by atoms with Gasteiger partial charge in [-0.3, -0.25) is 4.79 Å². The van der Waals surface area contributed by atoms with Gasteiger partial charge in [-0.05, 0) is 58.0 Å². The number of anilines is 3. The zero-order valence-corrected chi connectivity index (χ0v) is 13.2. The van der Waals surface area contributed by atoms with Gasteiger partial charge in [0.15, 0.2) is 0 Å². The van der Waals surface area contributed by atoms with Gasteiger partial charge in [0.05, 0.1) is 11.4 Å². The summed E-state index contributed by atoms with van der Waals surface area (Å²) in [6.07, 6.45) is 2.36. The Kier molecular flexibility index (Phi) is 5.07. The van der Waals surface area contributed by atoms with Gasteiger partial charge in [-0.1, -0.05) is 0 Å². The van der Waals surface area contributed by atoms with E-state index >= 15 is 0 Å². The van der Waals surface area contributed by atoms with Gasteiger partial charge in [0, 0.05) is 24.7 Å². The first kappa shape index (κ1) is 15.6. The SMILES string of the molecule is CC(C)N(C)CCCNc1cc2c(cc1N)CCC(=O)N2. The highest BCUT2D eigenvalue weighted by molar-refractivity contribution is 5.95. The molecule has 0 spiro atoms. The molecule has 0 aliphatic carbocycles. The molecule has 0 atom stereocenters. The van der Waals surface area contributed by atoms with Crippen LogP contribution >= 0.6 is 0 Å². The molecular formula is C16H26N4O. The standard InChI is InChI=1S/C16H26N4O/c1-11(2)20(3)8-4-7-18-15-10-14-12(9-13(15)17)5-6-16(21)19-14/h9-11,18H,4-8,17H2,1-3H3,(H,19,21). The van der Waals surface area contributed by atoms with E-state index in [-0.39, 0.29) is 5.91 Å². The lowest BCUT2D eigenvalue weighted by molar-refractivity contribution is -0.116. The van der Waals surface area contributed by atoms with Crippen LogP contribution in [0.1, 0.15) is 32.3 Å². The molecule has 0 fully saturated rings. The van der Waals surface area contributed by atoms with E-state index in [0.29, 0.717) is 12.5 Å². The van der Waals surface area contributed by atoms with Crippen LogP contribution in [0.15, 0.2) is 12.1 Å². The number of hydrogen-bond acceptors (Lipinski definition) is 4. The molecule has 0 unspecified atom stereocenters. The minimum Gasteiger partial charge on any atom is -0.397 e. The van der Waals surface area contributed by atoms with Crippen molar-refractivity contribution in [2.75, 3.05) is 36.5 Å². The second-order valence-corrected chi connectivity index (χ2v) is 6.00. The third-order valence-electron chi connectivity index (χ3n) is 4.06. The first-order chi connectivity index (χ1) is 9.97. The summed E-state index contributed by atoms with van der Waals surface area (Å²) in [5.74, 6) is 0.0804. The van der Waals surface area contributed by atoms with Gasteiger partial charge in [-0.2, -0.15) is 0 Å². The molecular weight excluding hydrogens is 264 g/mol. The molecule has 5 nitrogen and oxygen atoms in total. The lowest BCUT2D eigenvalue weighted by Gasteiger charge is -2.22. The van der Waals surface area contributed by atoms with E-state index in [4.69, 9.17) is 5.73 Å². The van der Waals surface area contributed by atoms with E-state index in [9.17, 15) is 4.79 Å². The molecule has 4 N–H and O–H groups in total. The Labute approximate surface area is 126 Å². The molecule has 1 aromatic carbocycles. The second kappa shape index (κ2) is 6.80. The molecule has 1 aliphatic rings. The average Bonchev–Trinajstić information content (AvgIpc) is 2.43. The first-order valence-electron chi connectivity index (χ1n) is 7.63. The normalized spacial score (nSPS) is 14.2. The summed E-state index contributed by atoms with van der Waals surface area (Å²) in [4.78, 5) is 13.8. The number of carbonyl (C=O) groups excluding carboxylic acids is 1. The molecule has 2 rings (SSSR count). The largest absolute Gasteiger partial charge is 0.397 e. The Bertz CT molecular complexity index is 513. The fourth-order valence-electron chi connectivity index (χ4n) is 2.41. The summed E-state index contributed by atoms with van der Waals surface area (Å²) in [6.45, 7) is 6.30. The zero-order chi connectivity index (χ0) is 15.4. The Morgan fingerprint density at radius 1 is 1.38 bits per heavy atom. The maximum absolute atomic E-state index is 11.5. The van der Waals surface area contributed by atoms with Gasteiger partial charge in [-0.25, -0.2) is 0 Å². The number of nitrogens with one attached hydrogen (secondary N) is 2. The van der Waals surface area contributed by atoms with Crippen LogP contribution in [0.25, 0.3) is 0 Å². The molecule has 0 saturated carbocycles. The van der Waals surface area contributed by atoms with E-state index in [1.165, 1.54) is 0 Å². The smallest absolute Gasteiger partial charge is 0.224 e. The molecule has 0 radical (unpaired) electrons. The second-order valence-electron chi connectivity index (χ2n) is 6.00. The minimum absolute atomic E-state index is 0.0804. The van der Waals surface area contributed by atoms with Crippen molar-refractivity contribution in [3.05, 3.63) is 17.7 Å². The van der Waals surface area contributed by atoms with Crippen molar-refractivity contribution in [2.45, 2.75) is 39.2 Å². The lowest BCUT2D eigenvalue weighted by atomic mass is 10.0. The number of benzene rings is 1. The molecule has 21 heavy (non-hydrogen) atoms. The van der Waals surface area contributed by atoms with E-state index in [2.05, 4.69) is 36.4 Å². The molecule has 0 bridgehead atoms. The number of amides is 1. The number of fused-ring (bicyclic) bond motifs is 1. The third kappa shape index (κ3) is 4.11. The van der Waals surface area contributed by atoms with Gasteiger partial charge in [0.25, 0.3) is 0 Å². The summed E-state index contributed by atoms with van der Waals surface area (Å²) in [7, 11) is 2.13. The first-order valence-corrected chi connectivity index (χ1v) is 7.63. The summed E-state index contributed by atoms with van der Waals surface area (Å²) >= 11 is 0. The maximum atomic E-state index is 11.5. The quantitative estimate of drug-likeness (QED) is 0.555. The number of rotatable bonds is 6. The molecule has 1 heterocycles. The van der Waals surface area contributed by atoms with E-state index in [1.807, 2.05) is 12.1 Å². The summed E-state index contributed by atoms with van der Waals surface area (Å²) in [5, 5.41) is 6.28. The van der Waals surface area contributed by atoms with Crippen molar-refractivity contribution >= 4 is 23.0 Å². The van der Waals surface area contributed by atoms with Crippen LogP contribution in [0.3, 0.4) is 0 Å². The predicted octanol–water partition coefficient (Wildman–Crippen LogP) is 2.30. The van der Waals surface area contributed by atoms with E-state index in [0.717, 1.165) is 48.6 Å². The van der Waals surface area contributed by atoms with Gasteiger partial charge in [0.1, 0.15) is 0 Å². The third-order valence-corrected chi connectivity index (χ3v) is 4.06. The lowest BCUT2D eigenvalue weighted by Crippen LogP contribution is -2.28. The molecule has 0 saturated heterocycles. The number of aryl methyl sites for hydroxylation is 1. The Balaban J connectivity index is 1.91. The Morgan fingerprint density at radius 3 is 2.86 bits per heavy atom. The van der Waals surface area contributed by atoms with E-state index < -0.39 is 0 Å². The minimum atomic E-state index is 0.0804. The number of carbonyl (C=O) groups is 1. The van der Waals surface area contributed by atoms with Crippen LogP contribution in [-0.2, 0) is 11.2 Å². The van der Waals surface area contributed by atoms with Gasteiger partial charge in [-0.15, -0.1) is 0 Å². The number of nitrogen functional groups attached to an aromatic ring is 1. The number of hydrogen-bond donors (Lipinski definition) is 3. The zero-order valence-electron chi connectivity index (χ0n) is 13.2. The monoisotopic (exact) mass is 290 g/mol. The van der Waals surface area contributed by atoms with Crippen LogP contribution < -0.4 is 16.4 Å². The van der Waals surface area contributed by atoms with Crippen molar-refractivity contribution in [3.63, 3.8) is 0 Å². The highest BCUT2D eigenvalue weighted by Crippen LogP contribution is 2.30. The predicted molar refractivity (Wildman–Crippen MR) is 88.7 cm³/mol. The number of nitrogens with zero attached hydrogens (tertiary/aromatic N) is 1. The highest BCUT2D eigenvalue weighted by atomic mass is 16.1. The van der Waals surface area contributed by atoms with Crippen LogP contribution in [0, 0.1) is 0 Å². The molecule has 0 aromatic heterocycles. The van der Waals surface area contributed by atoms with Crippen molar-refractivity contribution in [2.24, 2.45) is 0 Å². The van der Waals surface area contributed by atoms with Crippen molar-refractivity contribution < 1.29 is 4.79 Å². The van der Waals surface area contributed by atoms with Gasteiger partial charge < -0.3 is 21.3 Å². The number of nitrogens with two attached hydrogens (primary N) is 1. The summed E-state index contributed by atoms with van der Waals surface area (Å²) in [6, 6.07) is 4.49. The van der Waals surface area contributed by atoms with E-state index in [1.54, 1.807) is 0 Å². The molecule has 1 aliphatic heterocycles. The van der Waals surface area contributed by atoms with Crippen LogP contribution in [0.2, 0.25) is 0 Å².